The van der Waals surface area contributed by atoms with Gasteiger partial charge in [-0.15, -0.1) is 0 Å². The number of rotatable bonds is 4. The van der Waals surface area contributed by atoms with Gasteiger partial charge in [0.25, 0.3) is 5.91 Å². The molecule has 0 bridgehead atoms. The number of sulfonamides is 1. The molecule has 0 unspecified atom stereocenters. The molecule has 2 aromatic rings. The van der Waals surface area contributed by atoms with E-state index in [4.69, 9.17) is 11.6 Å². The number of halogens is 2. The lowest BCUT2D eigenvalue weighted by Crippen LogP contribution is -2.31. The van der Waals surface area contributed by atoms with Crippen LogP contribution in [0.2, 0.25) is 5.02 Å². The minimum atomic E-state index is -4.04. The van der Waals surface area contributed by atoms with Crippen molar-refractivity contribution < 1.29 is 22.0 Å². The molecule has 1 heterocycles. The van der Waals surface area contributed by atoms with Crippen molar-refractivity contribution in [3.63, 3.8) is 0 Å². The van der Waals surface area contributed by atoms with E-state index in [1.807, 2.05) is 4.72 Å². The average Bonchev–Trinajstić information content (AvgIpc) is 2.86. The van der Waals surface area contributed by atoms with E-state index in [2.05, 4.69) is 4.42 Å². The van der Waals surface area contributed by atoms with Crippen LogP contribution in [-0.2, 0) is 15.8 Å². The highest BCUT2D eigenvalue weighted by atomic mass is 35.5. The van der Waals surface area contributed by atoms with Crippen LogP contribution in [0.5, 0.6) is 0 Å². The summed E-state index contributed by atoms with van der Waals surface area (Å²) in [6.07, 6.45) is 2.34. The van der Waals surface area contributed by atoms with Crippen LogP contribution in [0.25, 0.3) is 0 Å². The Morgan fingerprint density at radius 2 is 2.10 bits per heavy atom. The number of carbonyl (C=O) groups is 1. The molecule has 1 N–H and O–H groups in total. The van der Waals surface area contributed by atoms with Crippen molar-refractivity contribution in [3.8, 4) is 0 Å². The summed E-state index contributed by atoms with van der Waals surface area (Å²) in [5.74, 6) is -2.25. The molecule has 2 rings (SSSR count). The summed E-state index contributed by atoms with van der Waals surface area (Å²) in [5.41, 5.74) is -0.0647. The molecule has 1 amide bonds. The minimum absolute atomic E-state index is 0.0557. The molecule has 0 saturated carbocycles. The molecule has 0 atom stereocenters. The lowest BCUT2D eigenvalue weighted by Gasteiger charge is -2.07. The summed E-state index contributed by atoms with van der Waals surface area (Å²) < 4.78 is 43.5. The van der Waals surface area contributed by atoms with Gasteiger partial charge in [0, 0.05) is 10.6 Å². The zero-order valence-corrected chi connectivity index (χ0v) is 11.5. The molecule has 0 aliphatic heterocycles. The predicted molar refractivity (Wildman–Crippen MR) is 70.2 cm³/mol. The second-order valence-electron chi connectivity index (χ2n) is 3.94. The first-order valence-electron chi connectivity index (χ1n) is 5.38. The second-order valence-corrected chi connectivity index (χ2v) is 6.10. The fourth-order valence-corrected chi connectivity index (χ4v) is 2.79. The monoisotopic (exact) mass is 317 g/mol. The van der Waals surface area contributed by atoms with E-state index in [0.29, 0.717) is 0 Å². The van der Waals surface area contributed by atoms with Gasteiger partial charge in [-0.25, -0.2) is 17.5 Å². The highest BCUT2D eigenvalue weighted by Crippen LogP contribution is 2.17. The zero-order valence-electron chi connectivity index (χ0n) is 9.97. The average molecular weight is 318 g/mol. The van der Waals surface area contributed by atoms with Crippen LogP contribution >= 0.6 is 11.6 Å². The minimum Gasteiger partial charge on any atom is -0.472 e. The van der Waals surface area contributed by atoms with E-state index in [1.54, 1.807) is 0 Å². The maximum absolute atomic E-state index is 13.5. The molecule has 0 fully saturated rings. The summed E-state index contributed by atoms with van der Waals surface area (Å²) in [6, 6.07) is 4.87. The van der Waals surface area contributed by atoms with Gasteiger partial charge in [-0.3, -0.25) is 4.79 Å². The topological polar surface area (TPSA) is 76.4 Å². The van der Waals surface area contributed by atoms with Crippen LogP contribution in [0.1, 0.15) is 15.9 Å². The van der Waals surface area contributed by atoms with Crippen molar-refractivity contribution in [3.05, 3.63) is 58.8 Å². The van der Waals surface area contributed by atoms with Gasteiger partial charge >= 0.3 is 0 Å². The quantitative estimate of drug-likeness (QED) is 0.939. The largest absolute Gasteiger partial charge is 0.472 e. The summed E-state index contributed by atoms with van der Waals surface area (Å²) in [4.78, 5) is 11.6. The second kappa shape index (κ2) is 5.64. The van der Waals surface area contributed by atoms with Crippen molar-refractivity contribution >= 4 is 27.5 Å². The molecule has 0 aliphatic rings. The van der Waals surface area contributed by atoms with Gasteiger partial charge in [-0.2, -0.15) is 0 Å². The maximum Gasteiger partial charge on any atom is 0.267 e. The number of carbonyl (C=O) groups excluding carboxylic acids is 1. The SMILES string of the molecule is O=C(NS(=O)(=O)Cc1cc(Cl)ccc1F)c1ccoc1. The van der Waals surface area contributed by atoms with Crippen LogP contribution in [0, 0.1) is 5.82 Å². The Morgan fingerprint density at radius 3 is 2.75 bits per heavy atom. The zero-order chi connectivity index (χ0) is 14.8. The maximum atomic E-state index is 13.5. The van der Waals surface area contributed by atoms with Gasteiger partial charge in [0.05, 0.1) is 17.6 Å². The number of hydrogen-bond acceptors (Lipinski definition) is 4. The third kappa shape index (κ3) is 3.58. The number of hydrogen-bond donors (Lipinski definition) is 1. The molecule has 20 heavy (non-hydrogen) atoms. The first-order chi connectivity index (χ1) is 9.37. The molecule has 8 heteroatoms. The Hall–Kier alpha value is -1.86. The molecule has 1 aromatic heterocycles. The van der Waals surface area contributed by atoms with Gasteiger partial charge in [-0.1, -0.05) is 11.6 Å². The molecule has 1 aromatic carbocycles. The third-order valence-electron chi connectivity index (χ3n) is 2.38. The number of nitrogens with one attached hydrogen (secondary N) is 1. The van der Waals surface area contributed by atoms with Crippen LogP contribution in [0.3, 0.4) is 0 Å². The Balaban J connectivity index is 2.15. The van der Waals surface area contributed by atoms with E-state index in [-0.39, 0.29) is 16.1 Å². The molecule has 0 saturated heterocycles. The highest BCUT2D eigenvalue weighted by molar-refractivity contribution is 7.89. The lowest BCUT2D eigenvalue weighted by molar-refractivity contribution is 0.0981. The molecule has 0 aliphatic carbocycles. The molecule has 106 valence electrons. The van der Waals surface area contributed by atoms with E-state index in [1.165, 1.54) is 24.5 Å². The van der Waals surface area contributed by atoms with Crippen molar-refractivity contribution in [2.24, 2.45) is 0 Å². The van der Waals surface area contributed by atoms with E-state index in [9.17, 15) is 17.6 Å². The van der Waals surface area contributed by atoms with Gasteiger partial charge in [0.2, 0.25) is 10.0 Å². The van der Waals surface area contributed by atoms with Gasteiger partial charge in [0.15, 0.2) is 0 Å². The summed E-state index contributed by atoms with van der Waals surface area (Å²) in [5, 5.41) is 0.206. The van der Waals surface area contributed by atoms with Gasteiger partial charge in [-0.05, 0) is 24.3 Å². The highest BCUT2D eigenvalue weighted by Gasteiger charge is 2.19. The first kappa shape index (κ1) is 14.5. The summed E-state index contributed by atoms with van der Waals surface area (Å²) >= 11 is 5.67. The van der Waals surface area contributed by atoms with E-state index in [0.717, 1.165) is 12.3 Å². The number of furan rings is 1. The smallest absolute Gasteiger partial charge is 0.267 e. The van der Waals surface area contributed by atoms with E-state index < -0.39 is 27.5 Å². The summed E-state index contributed by atoms with van der Waals surface area (Å²) in [7, 11) is -4.04. The predicted octanol–water partition coefficient (Wildman–Crippen LogP) is 2.33. The standard InChI is InChI=1S/C12H9ClFNO4S/c13-10-1-2-11(14)9(5-10)7-20(17,18)15-12(16)8-3-4-19-6-8/h1-6H,7H2,(H,15,16). The molecule has 0 spiro atoms. The molecular weight excluding hydrogens is 309 g/mol. The van der Waals surface area contributed by atoms with Crippen molar-refractivity contribution in [1.29, 1.82) is 0 Å². The lowest BCUT2D eigenvalue weighted by atomic mass is 10.2. The fraction of sp³-hybridized carbons (Fsp3) is 0.0833. The Morgan fingerprint density at radius 1 is 1.35 bits per heavy atom. The number of benzene rings is 1. The molecule has 5 nitrogen and oxygen atoms in total. The van der Waals surface area contributed by atoms with Crippen LogP contribution in [0.15, 0.2) is 41.2 Å². The van der Waals surface area contributed by atoms with Gasteiger partial charge in [0.1, 0.15) is 12.1 Å². The van der Waals surface area contributed by atoms with Crippen LogP contribution < -0.4 is 4.72 Å². The van der Waals surface area contributed by atoms with Crippen LogP contribution in [0.4, 0.5) is 4.39 Å². The summed E-state index contributed by atoms with van der Waals surface area (Å²) in [6.45, 7) is 0. The third-order valence-corrected chi connectivity index (χ3v) is 3.81. The Kier molecular flexibility index (Phi) is 4.10. The van der Waals surface area contributed by atoms with Crippen molar-refractivity contribution in [2.75, 3.05) is 0 Å². The molecule has 0 radical (unpaired) electrons. The van der Waals surface area contributed by atoms with Crippen molar-refractivity contribution in [1.82, 2.24) is 4.72 Å². The van der Waals surface area contributed by atoms with Gasteiger partial charge < -0.3 is 4.42 Å². The van der Waals surface area contributed by atoms with Crippen LogP contribution in [-0.4, -0.2) is 14.3 Å². The van der Waals surface area contributed by atoms with E-state index >= 15 is 0 Å². The normalized spacial score (nSPS) is 11.3. The fourth-order valence-electron chi connectivity index (χ4n) is 1.49. The Bertz CT molecular complexity index is 728. The molecular formula is C12H9ClFNO4S. The Labute approximate surface area is 119 Å². The first-order valence-corrected chi connectivity index (χ1v) is 7.41. The number of amides is 1. The van der Waals surface area contributed by atoms with Crippen molar-refractivity contribution in [2.45, 2.75) is 5.75 Å².